The minimum absolute atomic E-state index is 0.0753. The maximum absolute atomic E-state index is 12.6. The van der Waals surface area contributed by atoms with Gasteiger partial charge in [-0.05, 0) is 30.7 Å². The van der Waals surface area contributed by atoms with Crippen LogP contribution in [0.4, 0.5) is 5.82 Å². The zero-order valence-electron chi connectivity index (χ0n) is 12.7. The molecule has 0 bridgehead atoms. The Bertz CT molecular complexity index is 713. The van der Waals surface area contributed by atoms with E-state index in [4.69, 9.17) is 23.2 Å². The molecule has 23 heavy (non-hydrogen) atoms. The highest BCUT2D eigenvalue weighted by atomic mass is 35.5. The number of anilines is 1. The maximum Gasteiger partial charge on any atom is 0.272 e. The number of hydrogen-bond donors (Lipinski definition) is 0. The summed E-state index contributed by atoms with van der Waals surface area (Å²) in [5.74, 6) is 0.798. The zero-order valence-corrected chi connectivity index (χ0v) is 14.2. The Balaban J connectivity index is 1.68. The number of aromatic nitrogens is 2. The normalized spacial score (nSPS) is 14.9. The molecule has 120 valence electrons. The molecule has 0 unspecified atom stereocenters. The summed E-state index contributed by atoms with van der Waals surface area (Å²) in [6.07, 6.45) is 3.20. The van der Waals surface area contributed by atoms with Gasteiger partial charge in [-0.2, -0.15) is 0 Å². The van der Waals surface area contributed by atoms with Gasteiger partial charge in [-0.15, -0.1) is 0 Å². The van der Waals surface area contributed by atoms with E-state index in [2.05, 4.69) is 14.9 Å². The summed E-state index contributed by atoms with van der Waals surface area (Å²) in [6.45, 7) is 4.50. The Labute approximate surface area is 144 Å². The molecule has 2 aromatic rings. The quantitative estimate of drug-likeness (QED) is 0.835. The van der Waals surface area contributed by atoms with Crippen molar-refractivity contribution in [3.8, 4) is 0 Å². The first-order valence-electron chi connectivity index (χ1n) is 7.33. The summed E-state index contributed by atoms with van der Waals surface area (Å²) in [4.78, 5) is 25.1. The smallest absolute Gasteiger partial charge is 0.272 e. The van der Waals surface area contributed by atoms with Crippen LogP contribution in [-0.4, -0.2) is 47.0 Å². The summed E-state index contributed by atoms with van der Waals surface area (Å²) < 4.78 is 0. The lowest BCUT2D eigenvalue weighted by molar-refractivity contribution is 0.0740. The number of nitrogens with zero attached hydrogens (tertiary/aromatic N) is 4. The summed E-state index contributed by atoms with van der Waals surface area (Å²) in [5, 5.41) is 1.18. The van der Waals surface area contributed by atoms with Crippen molar-refractivity contribution >= 4 is 34.9 Å². The van der Waals surface area contributed by atoms with E-state index in [0.29, 0.717) is 28.8 Å². The van der Waals surface area contributed by atoms with Gasteiger partial charge in [0.15, 0.2) is 0 Å². The molecular formula is C16H16Cl2N4O. The first-order valence-corrected chi connectivity index (χ1v) is 8.09. The Kier molecular flexibility index (Phi) is 4.68. The number of pyridine rings is 2. The molecule has 7 heteroatoms. The molecule has 1 saturated heterocycles. The lowest BCUT2D eigenvalue weighted by atomic mass is 10.2. The highest BCUT2D eigenvalue weighted by molar-refractivity contribution is 6.31. The fraction of sp³-hybridized carbons (Fsp3) is 0.312. The molecule has 0 N–H and O–H groups in total. The van der Waals surface area contributed by atoms with Crippen molar-refractivity contribution in [3.63, 3.8) is 0 Å². The van der Waals surface area contributed by atoms with Gasteiger partial charge in [-0.1, -0.05) is 23.2 Å². The molecule has 1 aliphatic heterocycles. The second kappa shape index (κ2) is 6.72. The average Bonchev–Trinajstić information content (AvgIpc) is 2.58. The Morgan fingerprint density at radius 1 is 1.09 bits per heavy atom. The van der Waals surface area contributed by atoms with E-state index in [0.717, 1.165) is 24.5 Å². The average molecular weight is 351 g/mol. The van der Waals surface area contributed by atoms with Crippen LogP contribution in [0.5, 0.6) is 0 Å². The van der Waals surface area contributed by atoms with Crippen LogP contribution < -0.4 is 4.90 Å². The van der Waals surface area contributed by atoms with Gasteiger partial charge < -0.3 is 9.80 Å². The molecule has 0 saturated carbocycles. The van der Waals surface area contributed by atoms with Crippen LogP contribution in [0.1, 0.15) is 16.1 Å². The Morgan fingerprint density at radius 3 is 2.48 bits per heavy atom. The second-order valence-electron chi connectivity index (χ2n) is 5.38. The van der Waals surface area contributed by atoms with Crippen LogP contribution in [0.2, 0.25) is 10.0 Å². The van der Waals surface area contributed by atoms with Gasteiger partial charge in [-0.3, -0.25) is 9.78 Å². The molecule has 0 spiro atoms. The summed E-state index contributed by atoms with van der Waals surface area (Å²) in [5.41, 5.74) is 1.15. The van der Waals surface area contributed by atoms with Crippen molar-refractivity contribution in [3.05, 3.63) is 51.9 Å². The summed E-state index contributed by atoms with van der Waals surface area (Å²) in [7, 11) is 0. The van der Waals surface area contributed by atoms with E-state index < -0.39 is 0 Å². The molecule has 3 rings (SSSR count). The first kappa shape index (κ1) is 16.0. The third kappa shape index (κ3) is 3.41. The highest BCUT2D eigenvalue weighted by Gasteiger charge is 2.25. The van der Waals surface area contributed by atoms with E-state index in [1.165, 1.54) is 0 Å². The van der Waals surface area contributed by atoms with Gasteiger partial charge >= 0.3 is 0 Å². The van der Waals surface area contributed by atoms with E-state index in [-0.39, 0.29) is 5.91 Å². The first-order chi connectivity index (χ1) is 11.1. The van der Waals surface area contributed by atoms with Crippen LogP contribution in [-0.2, 0) is 0 Å². The second-order valence-corrected chi connectivity index (χ2v) is 6.22. The summed E-state index contributed by atoms with van der Waals surface area (Å²) >= 11 is 11.9. The molecule has 0 aliphatic carbocycles. The number of carbonyl (C=O) groups is 1. The van der Waals surface area contributed by atoms with Crippen LogP contribution in [0.3, 0.4) is 0 Å². The minimum atomic E-state index is -0.0753. The zero-order chi connectivity index (χ0) is 16.4. The van der Waals surface area contributed by atoms with E-state index in [1.807, 2.05) is 19.1 Å². The fourth-order valence-corrected chi connectivity index (χ4v) is 2.83. The molecule has 1 amide bonds. The number of piperazine rings is 1. The SMILES string of the molecule is Cc1c(Cl)ccnc1C(=O)N1CCN(c2ccc(Cl)cn2)CC1. The Morgan fingerprint density at radius 2 is 1.83 bits per heavy atom. The number of amides is 1. The van der Waals surface area contributed by atoms with Crippen molar-refractivity contribution < 1.29 is 4.79 Å². The molecule has 3 heterocycles. The van der Waals surface area contributed by atoms with Gasteiger partial charge in [0.1, 0.15) is 11.5 Å². The van der Waals surface area contributed by atoms with Crippen molar-refractivity contribution in [1.82, 2.24) is 14.9 Å². The minimum Gasteiger partial charge on any atom is -0.353 e. The topological polar surface area (TPSA) is 49.3 Å². The maximum atomic E-state index is 12.6. The third-order valence-electron chi connectivity index (χ3n) is 3.94. The van der Waals surface area contributed by atoms with E-state index >= 15 is 0 Å². The lowest BCUT2D eigenvalue weighted by Gasteiger charge is -2.35. The standard InChI is InChI=1S/C16H16Cl2N4O/c1-11-13(18)4-5-19-15(11)16(23)22-8-6-21(7-9-22)14-3-2-12(17)10-20-14/h2-5,10H,6-9H2,1H3. The van der Waals surface area contributed by atoms with Crippen molar-refractivity contribution in [2.75, 3.05) is 31.1 Å². The summed E-state index contributed by atoms with van der Waals surface area (Å²) in [6, 6.07) is 5.40. The van der Waals surface area contributed by atoms with Crippen LogP contribution in [0.15, 0.2) is 30.6 Å². The van der Waals surface area contributed by atoms with Crippen molar-refractivity contribution in [2.24, 2.45) is 0 Å². The van der Waals surface area contributed by atoms with Crippen molar-refractivity contribution in [2.45, 2.75) is 6.92 Å². The van der Waals surface area contributed by atoms with Gasteiger partial charge in [0.2, 0.25) is 0 Å². The van der Waals surface area contributed by atoms with Gasteiger partial charge in [0.05, 0.1) is 5.02 Å². The van der Waals surface area contributed by atoms with Crippen molar-refractivity contribution in [1.29, 1.82) is 0 Å². The molecule has 0 radical (unpaired) electrons. The number of carbonyl (C=O) groups excluding carboxylic acids is 1. The molecule has 2 aromatic heterocycles. The van der Waals surface area contributed by atoms with Gasteiger partial charge in [0.25, 0.3) is 5.91 Å². The predicted molar refractivity (Wildman–Crippen MR) is 91.3 cm³/mol. The molecule has 1 fully saturated rings. The third-order valence-corrected chi connectivity index (χ3v) is 4.58. The largest absolute Gasteiger partial charge is 0.353 e. The van der Waals surface area contributed by atoms with E-state index in [1.54, 1.807) is 23.4 Å². The van der Waals surface area contributed by atoms with Crippen LogP contribution >= 0.6 is 23.2 Å². The van der Waals surface area contributed by atoms with Gasteiger partial charge in [0, 0.05) is 43.6 Å². The monoisotopic (exact) mass is 350 g/mol. The van der Waals surface area contributed by atoms with Gasteiger partial charge in [-0.25, -0.2) is 4.98 Å². The predicted octanol–water partition coefficient (Wildman–Crippen LogP) is 3.05. The highest BCUT2D eigenvalue weighted by Crippen LogP contribution is 2.20. The van der Waals surface area contributed by atoms with Crippen LogP contribution in [0, 0.1) is 6.92 Å². The number of rotatable bonds is 2. The lowest BCUT2D eigenvalue weighted by Crippen LogP contribution is -2.49. The fourth-order valence-electron chi connectivity index (χ4n) is 2.57. The molecular weight excluding hydrogens is 335 g/mol. The number of halogens is 2. The number of hydrogen-bond acceptors (Lipinski definition) is 4. The Hall–Kier alpha value is -1.85. The molecule has 0 atom stereocenters. The molecule has 0 aromatic carbocycles. The molecule has 1 aliphatic rings. The molecule has 5 nitrogen and oxygen atoms in total. The van der Waals surface area contributed by atoms with E-state index in [9.17, 15) is 4.79 Å². The van der Waals surface area contributed by atoms with Crippen LogP contribution in [0.25, 0.3) is 0 Å².